The summed E-state index contributed by atoms with van der Waals surface area (Å²) in [7, 11) is 1.62. The van der Waals surface area contributed by atoms with Crippen molar-refractivity contribution in [3.63, 3.8) is 0 Å². The Morgan fingerprint density at radius 1 is 1.27 bits per heavy atom. The third-order valence-corrected chi connectivity index (χ3v) is 4.20. The van der Waals surface area contributed by atoms with Crippen molar-refractivity contribution in [1.29, 1.82) is 0 Å². The van der Waals surface area contributed by atoms with Crippen LogP contribution >= 0.6 is 0 Å². The number of aromatic nitrogens is 2. The van der Waals surface area contributed by atoms with Gasteiger partial charge >= 0.3 is 0 Å². The molecule has 0 saturated carbocycles. The van der Waals surface area contributed by atoms with E-state index in [1.165, 1.54) is 16.7 Å². The van der Waals surface area contributed by atoms with Gasteiger partial charge in [-0.25, -0.2) is 4.39 Å². The van der Waals surface area contributed by atoms with Crippen molar-refractivity contribution in [3.05, 3.63) is 75.2 Å². The molecule has 1 aromatic carbocycles. The van der Waals surface area contributed by atoms with E-state index in [4.69, 9.17) is 4.52 Å². The van der Waals surface area contributed by atoms with Crippen molar-refractivity contribution >= 4 is 5.91 Å². The number of hydrogen-bond donors (Lipinski definition) is 1. The number of aryl methyl sites for hydroxylation is 2. The van der Waals surface area contributed by atoms with Crippen LogP contribution in [0.4, 0.5) is 4.39 Å². The summed E-state index contributed by atoms with van der Waals surface area (Å²) < 4.78 is 19.9. The van der Waals surface area contributed by atoms with Gasteiger partial charge in [0.25, 0.3) is 11.5 Å². The summed E-state index contributed by atoms with van der Waals surface area (Å²) in [4.78, 5) is 24.7. The first kappa shape index (κ1) is 17.6. The lowest BCUT2D eigenvalue weighted by Crippen LogP contribution is -2.33. The summed E-state index contributed by atoms with van der Waals surface area (Å²) in [6, 6.07) is 9.39. The topological polar surface area (TPSA) is 77.1 Å². The number of rotatable bonds is 4. The molecule has 0 unspecified atom stereocenters. The van der Waals surface area contributed by atoms with Crippen molar-refractivity contribution in [1.82, 2.24) is 15.0 Å². The molecule has 0 saturated heterocycles. The standard InChI is InChI=1S/C19H18FN3O3/c1-11-7-12(2)23(3)19(25)17(11)18(24)21-10-15-9-16(22-26-15)13-5-4-6-14(20)8-13/h4-9H,10H2,1-3H3,(H,21,24). The molecule has 0 radical (unpaired) electrons. The highest BCUT2D eigenvalue weighted by Gasteiger charge is 2.17. The fraction of sp³-hybridized carbons (Fsp3) is 0.211. The molecule has 0 bridgehead atoms. The van der Waals surface area contributed by atoms with Gasteiger partial charge in [0.15, 0.2) is 5.76 Å². The van der Waals surface area contributed by atoms with Gasteiger partial charge in [0.2, 0.25) is 0 Å². The fourth-order valence-corrected chi connectivity index (χ4v) is 2.69. The summed E-state index contributed by atoms with van der Waals surface area (Å²) in [6.07, 6.45) is 0. The minimum atomic E-state index is -0.480. The number of hydrogen-bond acceptors (Lipinski definition) is 4. The molecule has 2 heterocycles. The van der Waals surface area contributed by atoms with Gasteiger partial charge in [-0.05, 0) is 37.6 Å². The normalized spacial score (nSPS) is 10.8. The molecule has 0 aliphatic heterocycles. The van der Waals surface area contributed by atoms with Crippen LogP contribution < -0.4 is 10.9 Å². The maximum atomic E-state index is 13.3. The van der Waals surface area contributed by atoms with Crippen LogP contribution in [0.25, 0.3) is 11.3 Å². The Hall–Kier alpha value is -3.22. The lowest BCUT2D eigenvalue weighted by molar-refractivity contribution is 0.0944. The summed E-state index contributed by atoms with van der Waals surface area (Å²) >= 11 is 0. The van der Waals surface area contributed by atoms with E-state index >= 15 is 0 Å². The number of pyridine rings is 1. The zero-order chi connectivity index (χ0) is 18.8. The summed E-state index contributed by atoms with van der Waals surface area (Å²) in [5.41, 5.74) is 2.19. The minimum absolute atomic E-state index is 0.0671. The molecule has 134 valence electrons. The Morgan fingerprint density at radius 2 is 2.04 bits per heavy atom. The van der Waals surface area contributed by atoms with Crippen LogP contribution in [0.1, 0.15) is 27.4 Å². The average Bonchev–Trinajstić information content (AvgIpc) is 3.07. The second kappa shape index (κ2) is 6.95. The van der Waals surface area contributed by atoms with E-state index < -0.39 is 5.91 Å². The summed E-state index contributed by atoms with van der Waals surface area (Å²) in [5, 5.41) is 6.54. The van der Waals surface area contributed by atoms with E-state index in [-0.39, 0.29) is 23.5 Å². The highest BCUT2D eigenvalue weighted by atomic mass is 19.1. The Morgan fingerprint density at radius 3 is 2.77 bits per heavy atom. The molecule has 2 aromatic heterocycles. The molecule has 1 N–H and O–H groups in total. The first-order valence-electron chi connectivity index (χ1n) is 8.04. The van der Waals surface area contributed by atoms with Crippen LogP contribution in [0.2, 0.25) is 0 Å². The van der Waals surface area contributed by atoms with Gasteiger partial charge in [-0.3, -0.25) is 9.59 Å². The van der Waals surface area contributed by atoms with Crippen molar-refractivity contribution in [3.8, 4) is 11.3 Å². The van der Waals surface area contributed by atoms with Crippen LogP contribution in [-0.4, -0.2) is 15.6 Å². The van der Waals surface area contributed by atoms with Crippen LogP contribution in [0.3, 0.4) is 0 Å². The maximum absolute atomic E-state index is 13.3. The molecule has 1 amide bonds. The summed E-state index contributed by atoms with van der Waals surface area (Å²) in [6.45, 7) is 3.59. The Kier molecular flexibility index (Phi) is 4.71. The molecule has 3 aromatic rings. The molecular weight excluding hydrogens is 337 g/mol. The first-order chi connectivity index (χ1) is 12.4. The van der Waals surface area contributed by atoms with Gasteiger partial charge in [-0.1, -0.05) is 17.3 Å². The zero-order valence-corrected chi connectivity index (χ0v) is 14.7. The number of carbonyl (C=O) groups is 1. The molecule has 7 heteroatoms. The number of nitrogens with one attached hydrogen (secondary N) is 1. The van der Waals surface area contributed by atoms with E-state index in [1.807, 2.05) is 0 Å². The fourth-order valence-electron chi connectivity index (χ4n) is 2.69. The van der Waals surface area contributed by atoms with Crippen LogP contribution in [-0.2, 0) is 13.6 Å². The van der Waals surface area contributed by atoms with E-state index in [1.54, 1.807) is 45.2 Å². The molecule has 0 spiro atoms. The molecule has 0 aliphatic carbocycles. The molecule has 3 rings (SSSR count). The highest BCUT2D eigenvalue weighted by molar-refractivity contribution is 5.95. The van der Waals surface area contributed by atoms with E-state index in [9.17, 15) is 14.0 Å². The minimum Gasteiger partial charge on any atom is -0.359 e. The Labute approximate surface area is 149 Å². The van der Waals surface area contributed by atoms with Crippen LogP contribution in [0.5, 0.6) is 0 Å². The number of benzene rings is 1. The monoisotopic (exact) mass is 355 g/mol. The summed E-state index contributed by atoms with van der Waals surface area (Å²) in [5.74, 6) is -0.447. The quantitative estimate of drug-likeness (QED) is 0.781. The van der Waals surface area contributed by atoms with Gasteiger partial charge in [0, 0.05) is 24.4 Å². The number of amides is 1. The SMILES string of the molecule is Cc1cc(C)n(C)c(=O)c1C(=O)NCc1cc(-c2cccc(F)c2)no1. The van der Waals surface area contributed by atoms with Gasteiger partial charge in [-0.15, -0.1) is 0 Å². The van der Waals surface area contributed by atoms with Crippen LogP contribution in [0.15, 0.2) is 45.7 Å². The molecule has 26 heavy (non-hydrogen) atoms. The molecule has 0 fully saturated rings. The lowest BCUT2D eigenvalue weighted by Gasteiger charge is -2.10. The number of halogens is 1. The predicted octanol–water partition coefficient (Wildman–Crippen LogP) is 2.73. The molecule has 0 aliphatic rings. The van der Waals surface area contributed by atoms with Gasteiger partial charge < -0.3 is 14.4 Å². The second-order valence-electron chi connectivity index (χ2n) is 6.08. The number of nitrogens with zero attached hydrogens (tertiary/aromatic N) is 2. The third kappa shape index (κ3) is 3.42. The second-order valence-corrected chi connectivity index (χ2v) is 6.08. The number of carbonyl (C=O) groups excluding carboxylic acids is 1. The lowest BCUT2D eigenvalue weighted by atomic mass is 10.1. The largest absolute Gasteiger partial charge is 0.359 e. The van der Waals surface area contributed by atoms with Crippen LogP contribution in [0, 0.1) is 19.7 Å². The molecular formula is C19H18FN3O3. The van der Waals surface area contributed by atoms with Crippen molar-refractivity contribution in [2.45, 2.75) is 20.4 Å². The van der Waals surface area contributed by atoms with Gasteiger partial charge in [-0.2, -0.15) is 0 Å². The third-order valence-electron chi connectivity index (χ3n) is 4.20. The van der Waals surface area contributed by atoms with Gasteiger partial charge in [0.05, 0.1) is 6.54 Å². The Balaban J connectivity index is 1.75. The highest BCUT2D eigenvalue weighted by Crippen LogP contribution is 2.19. The van der Waals surface area contributed by atoms with E-state index in [0.717, 1.165) is 5.69 Å². The van der Waals surface area contributed by atoms with Crippen molar-refractivity contribution in [2.75, 3.05) is 0 Å². The molecule has 0 atom stereocenters. The van der Waals surface area contributed by atoms with Crippen molar-refractivity contribution < 1.29 is 13.7 Å². The maximum Gasteiger partial charge on any atom is 0.263 e. The Bertz CT molecular complexity index is 1040. The average molecular weight is 355 g/mol. The first-order valence-corrected chi connectivity index (χ1v) is 8.04. The van der Waals surface area contributed by atoms with Gasteiger partial charge in [0.1, 0.15) is 17.1 Å². The van der Waals surface area contributed by atoms with E-state index in [2.05, 4.69) is 10.5 Å². The van der Waals surface area contributed by atoms with E-state index in [0.29, 0.717) is 22.6 Å². The van der Waals surface area contributed by atoms with Crippen molar-refractivity contribution in [2.24, 2.45) is 7.05 Å². The molecule has 6 nitrogen and oxygen atoms in total. The zero-order valence-electron chi connectivity index (χ0n) is 14.7. The smallest absolute Gasteiger partial charge is 0.263 e. The predicted molar refractivity (Wildman–Crippen MR) is 94.2 cm³/mol.